The highest BCUT2D eigenvalue weighted by atomic mass is 16.5. The number of hydrogen-bond acceptors (Lipinski definition) is 5. The quantitative estimate of drug-likeness (QED) is 0.235. The van der Waals surface area contributed by atoms with E-state index in [0.717, 1.165) is 25.7 Å². The number of unbranched alkanes of at least 4 members (excludes halogenated alkanes) is 2. The molecule has 3 rings (SSSR count). The molecular weight excluding hydrogens is 494 g/mol. The Hall–Kier alpha value is -2.19. The standard InChI is InChI=1S/C31H51N3O5/c1-8-12-13-19-33(18-11-4)29(38)26-31-15-14-30(7,39-31)24(27(36)32(16-9-2)17-10-3)25(31)28(37)34(26)23(21-35)20-22(5)6/h9,11,22-26,35H,2,4,8,10,12-21H2,1,3,5-7H3/t23-,24+,25+,26?,30-,31?/m1/s1. The molecule has 0 radical (unpaired) electrons. The van der Waals surface area contributed by atoms with Crippen molar-refractivity contribution in [1.82, 2.24) is 14.7 Å². The van der Waals surface area contributed by atoms with Crippen molar-refractivity contribution in [2.45, 2.75) is 103 Å². The maximum Gasteiger partial charge on any atom is 0.248 e. The fraction of sp³-hybridized carbons (Fsp3) is 0.774. The van der Waals surface area contributed by atoms with Crippen LogP contribution in [0.2, 0.25) is 0 Å². The number of carbonyl (C=O) groups is 3. The van der Waals surface area contributed by atoms with Gasteiger partial charge in [-0.25, -0.2) is 0 Å². The van der Waals surface area contributed by atoms with Gasteiger partial charge in [0.25, 0.3) is 0 Å². The lowest BCUT2D eigenvalue weighted by molar-refractivity contribution is -0.156. The Labute approximate surface area is 235 Å². The van der Waals surface area contributed by atoms with Crippen LogP contribution in [0, 0.1) is 17.8 Å². The molecule has 0 saturated carbocycles. The Balaban J connectivity index is 2.11. The van der Waals surface area contributed by atoms with Crippen molar-refractivity contribution >= 4 is 17.7 Å². The van der Waals surface area contributed by atoms with Crippen LogP contribution in [0.4, 0.5) is 0 Å². The summed E-state index contributed by atoms with van der Waals surface area (Å²) in [5.74, 6) is -1.75. The molecule has 0 aromatic rings. The largest absolute Gasteiger partial charge is 0.394 e. The van der Waals surface area contributed by atoms with E-state index in [9.17, 15) is 19.5 Å². The number of nitrogens with zero attached hydrogens (tertiary/aromatic N) is 3. The summed E-state index contributed by atoms with van der Waals surface area (Å²) in [5, 5.41) is 10.5. The first-order valence-corrected chi connectivity index (χ1v) is 15.0. The molecule has 3 fully saturated rings. The number of aliphatic hydroxyl groups excluding tert-OH is 1. The zero-order chi connectivity index (χ0) is 29.0. The highest BCUT2D eigenvalue weighted by molar-refractivity contribution is 5.99. The molecule has 39 heavy (non-hydrogen) atoms. The molecule has 220 valence electrons. The van der Waals surface area contributed by atoms with E-state index in [1.807, 2.05) is 27.7 Å². The fourth-order valence-corrected chi connectivity index (χ4v) is 7.32. The van der Waals surface area contributed by atoms with Gasteiger partial charge < -0.3 is 24.5 Å². The smallest absolute Gasteiger partial charge is 0.248 e. The van der Waals surface area contributed by atoms with Gasteiger partial charge in [0.15, 0.2) is 0 Å². The van der Waals surface area contributed by atoms with Crippen LogP contribution in [0.3, 0.4) is 0 Å². The first-order chi connectivity index (χ1) is 18.6. The lowest BCUT2D eigenvalue weighted by Crippen LogP contribution is -2.59. The van der Waals surface area contributed by atoms with Gasteiger partial charge in [0.1, 0.15) is 11.6 Å². The highest BCUT2D eigenvalue weighted by Crippen LogP contribution is 2.64. The number of rotatable bonds is 16. The minimum Gasteiger partial charge on any atom is -0.394 e. The van der Waals surface area contributed by atoms with Gasteiger partial charge in [0, 0.05) is 26.2 Å². The second-order valence-corrected chi connectivity index (χ2v) is 12.3. The number of fused-ring (bicyclic) bond motifs is 1. The number of carbonyl (C=O) groups excluding carboxylic acids is 3. The molecule has 6 atom stereocenters. The minimum absolute atomic E-state index is 0.109. The summed E-state index contributed by atoms with van der Waals surface area (Å²) in [6, 6.07) is -1.41. The predicted octanol–water partition coefficient (Wildman–Crippen LogP) is 3.79. The fourth-order valence-electron chi connectivity index (χ4n) is 7.32. The first-order valence-electron chi connectivity index (χ1n) is 15.0. The van der Waals surface area contributed by atoms with Gasteiger partial charge in [-0.1, -0.05) is 52.7 Å². The zero-order valence-corrected chi connectivity index (χ0v) is 24.9. The van der Waals surface area contributed by atoms with E-state index < -0.39 is 35.1 Å². The van der Waals surface area contributed by atoms with Crippen molar-refractivity contribution < 1.29 is 24.2 Å². The Morgan fingerprint density at radius 2 is 1.72 bits per heavy atom. The molecule has 1 N–H and O–H groups in total. The molecule has 0 aromatic heterocycles. The average molecular weight is 546 g/mol. The molecular formula is C31H51N3O5. The Morgan fingerprint density at radius 1 is 1.08 bits per heavy atom. The Kier molecular flexibility index (Phi) is 10.4. The summed E-state index contributed by atoms with van der Waals surface area (Å²) in [5.41, 5.74) is -1.92. The molecule has 8 nitrogen and oxygen atoms in total. The van der Waals surface area contributed by atoms with Crippen molar-refractivity contribution in [3.05, 3.63) is 25.3 Å². The monoisotopic (exact) mass is 545 g/mol. The van der Waals surface area contributed by atoms with Crippen LogP contribution in [0.5, 0.6) is 0 Å². The van der Waals surface area contributed by atoms with Crippen molar-refractivity contribution in [1.29, 1.82) is 0 Å². The summed E-state index contributed by atoms with van der Waals surface area (Å²) in [6.07, 6.45) is 8.79. The van der Waals surface area contributed by atoms with Crippen LogP contribution >= 0.6 is 0 Å². The van der Waals surface area contributed by atoms with E-state index in [4.69, 9.17) is 4.74 Å². The lowest BCUT2D eigenvalue weighted by atomic mass is 9.66. The van der Waals surface area contributed by atoms with Crippen molar-refractivity contribution in [3.63, 3.8) is 0 Å². The molecule has 3 aliphatic heterocycles. The lowest BCUT2D eigenvalue weighted by Gasteiger charge is -2.40. The number of likely N-dealkylation sites (tertiary alicyclic amines) is 1. The van der Waals surface area contributed by atoms with Crippen molar-refractivity contribution in [3.8, 4) is 0 Å². The number of aliphatic hydroxyl groups is 1. The molecule has 0 aromatic carbocycles. The van der Waals surface area contributed by atoms with E-state index in [-0.39, 0.29) is 30.2 Å². The first kappa shape index (κ1) is 31.3. The Bertz CT molecular complexity index is 922. The van der Waals surface area contributed by atoms with Gasteiger partial charge in [-0.2, -0.15) is 0 Å². The second-order valence-electron chi connectivity index (χ2n) is 12.3. The minimum atomic E-state index is -1.09. The zero-order valence-electron chi connectivity index (χ0n) is 24.9. The Morgan fingerprint density at radius 3 is 2.26 bits per heavy atom. The third-order valence-electron chi connectivity index (χ3n) is 8.91. The van der Waals surface area contributed by atoms with Crippen LogP contribution in [0.1, 0.15) is 79.6 Å². The topological polar surface area (TPSA) is 90.4 Å². The number of ether oxygens (including phenoxy) is 1. The third kappa shape index (κ3) is 5.69. The van der Waals surface area contributed by atoms with E-state index in [1.54, 1.807) is 26.9 Å². The summed E-state index contributed by atoms with van der Waals surface area (Å²) in [6.45, 7) is 19.5. The van der Waals surface area contributed by atoms with Gasteiger partial charge in [0.05, 0.1) is 30.1 Å². The summed E-state index contributed by atoms with van der Waals surface area (Å²) >= 11 is 0. The van der Waals surface area contributed by atoms with E-state index in [2.05, 4.69) is 20.1 Å². The van der Waals surface area contributed by atoms with Gasteiger partial charge in [-0.3, -0.25) is 14.4 Å². The molecule has 2 unspecified atom stereocenters. The molecule has 3 heterocycles. The van der Waals surface area contributed by atoms with Gasteiger partial charge in [0.2, 0.25) is 17.7 Å². The summed E-state index contributed by atoms with van der Waals surface area (Å²) < 4.78 is 6.81. The molecule has 3 saturated heterocycles. The van der Waals surface area contributed by atoms with Gasteiger partial charge in [-0.15, -0.1) is 13.2 Å². The summed E-state index contributed by atoms with van der Waals surface area (Å²) in [4.78, 5) is 48.2. The van der Waals surface area contributed by atoms with Crippen molar-refractivity contribution in [2.24, 2.45) is 17.8 Å². The molecule has 0 aliphatic carbocycles. The van der Waals surface area contributed by atoms with Crippen LogP contribution in [0.25, 0.3) is 0 Å². The third-order valence-corrected chi connectivity index (χ3v) is 8.91. The molecule has 1 spiro atoms. The average Bonchev–Trinajstić information content (AvgIpc) is 3.46. The molecule has 3 aliphatic rings. The normalized spacial score (nSPS) is 30.0. The number of amides is 3. The molecule has 2 bridgehead atoms. The maximum absolute atomic E-state index is 14.5. The number of hydrogen-bond donors (Lipinski definition) is 1. The molecule has 3 amide bonds. The predicted molar refractivity (Wildman–Crippen MR) is 153 cm³/mol. The maximum atomic E-state index is 14.5. The van der Waals surface area contributed by atoms with Gasteiger partial charge >= 0.3 is 0 Å². The highest BCUT2D eigenvalue weighted by Gasteiger charge is 2.78. The van der Waals surface area contributed by atoms with E-state index in [0.29, 0.717) is 45.4 Å². The van der Waals surface area contributed by atoms with Crippen LogP contribution in [0.15, 0.2) is 25.3 Å². The van der Waals surface area contributed by atoms with E-state index >= 15 is 0 Å². The molecule has 8 heteroatoms. The van der Waals surface area contributed by atoms with E-state index in [1.165, 1.54) is 0 Å². The van der Waals surface area contributed by atoms with Crippen LogP contribution in [-0.2, 0) is 19.1 Å². The SMILES string of the molecule is C=CCN(CCCCC)C(=O)C1N([C@@H](CO)CC(C)C)C(=O)[C@@H]2[C@@H](C(=O)N(CC=C)CCC)[C@@]3(C)CCC12O3. The van der Waals surface area contributed by atoms with Gasteiger partial charge in [-0.05, 0) is 44.9 Å². The van der Waals surface area contributed by atoms with Crippen LogP contribution < -0.4 is 0 Å². The summed E-state index contributed by atoms with van der Waals surface area (Å²) in [7, 11) is 0. The second kappa shape index (κ2) is 13.0. The van der Waals surface area contributed by atoms with Crippen LogP contribution in [-0.4, -0.2) is 93.6 Å². The van der Waals surface area contributed by atoms with Crippen molar-refractivity contribution in [2.75, 3.05) is 32.8 Å².